The Morgan fingerprint density at radius 3 is 2.45 bits per heavy atom. The maximum Gasteiger partial charge on any atom is 0.0642 e. The highest BCUT2D eigenvalue weighted by atomic mass is 16.5. The van der Waals surface area contributed by atoms with Crippen molar-refractivity contribution < 1.29 is 4.74 Å². The number of hydrogen-bond acceptors (Lipinski definition) is 3. The van der Waals surface area contributed by atoms with Crippen LogP contribution in [0.15, 0.2) is 55.1 Å². The lowest BCUT2D eigenvalue weighted by molar-refractivity contribution is 0.122. The summed E-state index contributed by atoms with van der Waals surface area (Å²) < 4.78 is 5.45. The lowest BCUT2D eigenvalue weighted by Gasteiger charge is -2.31. The number of benzene rings is 2. The highest BCUT2D eigenvalue weighted by Crippen LogP contribution is 2.31. The van der Waals surface area contributed by atoms with Crippen LogP contribution in [0.4, 0.5) is 5.69 Å². The molecule has 0 spiro atoms. The molecule has 0 amide bonds. The molecule has 0 atom stereocenters. The van der Waals surface area contributed by atoms with E-state index in [0.717, 1.165) is 43.0 Å². The fourth-order valence-electron chi connectivity index (χ4n) is 2.97. The summed E-state index contributed by atoms with van der Waals surface area (Å²) in [5.41, 5.74) is 11.7. The molecule has 0 unspecified atom stereocenters. The van der Waals surface area contributed by atoms with Crippen LogP contribution in [0.2, 0.25) is 0 Å². The molecule has 0 aliphatic carbocycles. The van der Waals surface area contributed by atoms with E-state index in [1.54, 1.807) is 0 Å². The van der Waals surface area contributed by atoms with Crippen molar-refractivity contribution in [2.75, 3.05) is 31.2 Å². The average molecular weight is 294 g/mol. The highest BCUT2D eigenvalue weighted by Gasteiger charge is 2.17. The first-order chi connectivity index (χ1) is 10.8. The molecule has 2 aromatic carbocycles. The molecule has 1 aliphatic heterocycles. The van der Waals surface area contributed by atoms with E-state index in [1.165, 1.54) is 11.3 Å². The van der Waals surface area contributed by atoms with E-state index in [2.05, 4.69) is 41.8 Å². The number of nitrogens with zero attached hydrogens (tertiary/aromatic N) is 1. The van der Waals surface area contributed by atoms with Crippen molar-refractivity contribution in [1.29, 1.82) is 0 Å². The number of anilines is 1. The molecule has 0 saturated carbocycles. The van der Waals surface area contributed by atoms with Crippen molar-refractivity contribution in [2.24, 2.45) is 5.73 Å². The first-order valence-corrected chi connectivity index (χ1v) is 7.70. The lowest BCUT2D eigenvalue weighted by Crippen LogP contribution is -2.37. The second kappa shape index (κ2) is 6.77. The van der Waals surface area contributed by atoms with Gasteiger partial charge in [0, 0.05) is 25.3 Å². The van der Waals surface area contributed by atoms with E-state index in [9.17, 15) is 0 Å². The maximum absolute atomic E-state index is 6.07. The van der Waals surface area contributed by atoms with Gasteiger partial charge >= 0.3 is 0 Å². The van der Waals surface area contributed by atoms with Crippen LogP contribution in [0.1, 0.15) is 16.7 Å². The third-order valence-electron chi connectivity index (χ3n) is 4.15. The first-order valence-electron chi connectivity index (χ1n) is 7.70. The zero-order chi connectivity index (χ0) is 15.4. The molecule has 3 nitrogen and oxygen atoms in total. The number of ether oxygens (including phenoxy) is 1. The van der Waals surface area contributed by atoms with E-state index < -0.39 is 0 Å². The third kappa shape index (κ3) is 2.91. The summed E-state index contributed by atoms with van der Waals surface area (Å²) in [7, 11) is 0. The van der Waals surface area contributed by atoms with Gasteiger partial charge in [-0.1, -0.05) is 49.0 Å². The zero-order valence-electron chi connectivity index (χ0n) is 12.8. The molecule has 3 heteroatoms. The van der Waals surface area contributed by atoms with Gasteiger partial charge in [-0.2, -0.15) is 0 Å². The van der Waals surface area contributed by atoms with Crippen molar-refractivity contribution in [1.82, 2.24) is 0 Å². The summed E-state index contributed by atoms with van der Waals surface area (Å²) in [4.78, 5) is 2.35. The Labute approximate surface area is 132 Å². The minimum absolute atomic E-state index is 0.509. The molecule has 0 aromatic heterocycles. The maximum atomic E-state index is 6.07. The second-order valence-corrected chi connectivity index (χ2v) is 5.45. The van der Waals surface area contributed by atoms with Crippen LogP contribution in [0.5, 0.6) is 0 Å². The first kappa shape index (κ1) is 14.8. The van der Waals surface area contributed by atoms with Crippen LogP contribution in [-0.2, 0) is 11.3 Å². The van der Waals surface area contributed by atoms with Crippen LogP contribution in [0, 0.1) is 0 Å². The summed E-state index contributed by atoms with van der Waals surface area (Å²) >= 11 is 0. The van der Waals surface area contributed by atoms with E-state index in [1.807, 2.05) is 18.2 Å². The molecule has 0 bridgehead atoms. The molecule has 0 radical (unpaired) electrons. The molecule has 1 fully saturated rings. The van der Waals surface area contributed by atoms with Crippen molar-refractivity contribution in [3.8, 4) is 0 Å². The SMILES string of the molecule is C=C(c1ccccc1)c1cccc(N2CCOCC2)c1CN. The van der Waals surface area contributed by atoms with Gasteiger partial charge in [-0.3, -0.25) is 0 Å². The van der Waals surface area contributed by atoms with Gasteiger partial charge in [0.1, 0.15) is 0 Å². The van der Waals surface area contributed by atoms with Gasteiger partial charge in [-0.25, -0.2) is 0 Å². The summed E-state index contributed by atoms with van der Waals surface area (Å²) in [6.07, 6.45) is 0. The predicted octanol–water partition coefficient (Wildman–Crippen LogP) is 3.04. The fourth-order valence-corrected chi connectivity index (χ4v) is 2.97. The van der Waals surface area contributed by atoms with E-state index >= 15 is 0 Å². The Bertz CT molecular complexity index is 646. The Balaban J connectivity index is 1.99. The van der Waals surface area contributed by atoms with Gasteiger partial charge in [-0.15, -0.1) is 0 Å². The smallest absolute Gasteiger partial charge is 0.0642 e. The van der Waals surface area contributed by atoms with Crippen LogP contribution in [0.3, 0.4) is 0 Å². The summed E-state index contributed by atoms with van der Waals surface area (Å²) in [5, 5.41) is 0. The third-order valence-corrected chi connectivity index (χ3v) is 4.15. The van der Waals surface area contributed by atoms with Crippen LogP contribution >= 0.6 is 0 Å². The molecule has 1 saturated heterocycles. The summed E-state index contributed by atoms with van der Waals surface area (Å²) in [6, 6.07) is 16.6. The number of nitrogens with two attached hydrogens (primary N) is 1. The van der Waals surface area contributed by atoms with Gasteiger partial charge < -0.3 is 15.4 Å². The summed E-state index contributed by atoms with van der Waals surface area (Å²) in [5.74, 6) is 0. The molecule has 1 heterocycles. The Hall–Kier alpha value is -2.10. The molecule has 114 valence electrons. The average Bonchev–Trinajstić information content (AvgIpc) is 2.62. The molecule has 2 N–H and O–H groups in total. The normalized spacial score (nSPS) is 14.9. The van der Waals surface area contributed by atoms with Crippen molar-refractivity contribution in [2.45, 2.75) is 6.54 Å². The van der Waals surface area contributed by atoms with Crippen molar-refractivity contribution in [3.05, 3.63) is 71.8 Å². The van der Waals surface area contributed by atoms with E-state index in [-0.39, 0.29) is 0 Å². The van der Waals surface area contributed by atoms with Gasteiger partial charge in [0.05, 0.1) is 13.2 Å². The highest BCUT2D eigenvalue weighted by molar-refractivity contribution is 5.82. The van der Waals surface area contributed by atoms with Crippen molar-refractivity contribution >= 4 is 11.3 Å². The van der Waals surface area contributed by atoms with E-state index in [0.29, 0.717) is 6.54 Å². The molecular formula is C19H22N2O. The Kier molecular flexibility index (Phi) is 4.56. The zero-order valence-corrected chi connectivity index (χ0v) is 12.8. The van der Waals surface area contributed by atoms with Crippen LogP contribution in [0.25, 0.3) is 5.57 Å². The topological polar surface area (TPSA) is 38.5 Å². The van der Waals surface area contributed by atoms with Gasteiger partial charge in [0.2, 0.25) is 0 Å². The Morgan fingerprint density at radius 2 is 1.77 bits per heavy atom. The lowest BCUT2D eigenvalue weighted by atomic mass is 9.93. The molecular weight excluding hydrogens is 272 g/mol. The fraction of sp³-hybridized carbons (Fsp3) is 0.263. The minimum atomic E-state index is 0.509. The monoisotopic (exact) mass is 294 g/mol. The predicted molar refractivity (Wildman–Crippen MR) is 91.9 cm³/mol. The van der Waals surface area contributed by atoms with Crippen LogP contribution in [-0.4, -0.2) is 26.3 Å². The standard InChI is InChI=1S/C19H22N2O/c1-15(16-6-3-2-4-7-16)17-8-5-9-19(18(17)14-20)21-10-12-22-13-11-21/h2-9H,1,10-14,20H2. The molecule has 2 aromatic rings. The second-order valence-electron chi connectivity index (χ2n) is 5.45. The van der Waals surface area contributed by atoms with Crippen molar-refractivity contribution in [3.63, 3.8) is 0 Å². The minimum Gasteiger partial charge on any atom is -0.378 e. The quantitative estimate of drug-likeness (QED) is 0.942. The number of hydrogen-bond donors (Lipinski definition) is 1. The molecule has 3 rings (SSSR count). The molecule has 1 aliphatic rings. The molecule has 22 heavy (non-hydrogen) atoms. The van der Waals surface area contributed by atoms with Gasteiger partial charge in [-0.05, 0) is 28.3 Å². The van der Waals surface area contributed by atoms with E-state index in [4.69, 9.17) is 10.5 Å². The Morgan fingerprint density at radius 1 is 1.05 bits per heavy atom. The van der Waals surface area contributed by atoms with Gasteiger partial charge in [0.25, 0.3) is 0 Å². The summed E-state index contributed by atoms with van der Waals surface area (Å²) in [6.45, 7) is 8.17. The largest absolute Gasteiger partial charge is 0.378 e. The van der Waals surface area contributed by atoms with Gasteiger partial charge in [0.15, 0.2) is 0 Å². The van der Waals surface area contributed by atoms with Crippen LogP contribution < -0.4 is 10.6 Å². The number of morpholine rings is 1. The number of rotatable bonds is 4.